The lowest BCUT2D eigenvalue weighted by atomic mass is 9.95. The second-order valence-electron chi connectivity index (χ2n) is 11.0. The van der Waals surface area contributed by atoms with Crippen LogP contribution in [0.25, 0.3) is 11.1 Å². The molecule has 0 saturated heterocycles. The molecule has 0 aliphatic heterocycles. The molecule has 2 aromatic rings. The molecule has 220 valence electrons. The maximum absolute atomic E-state index is 14.0. The Bertz CT molecular complexity index is 1220. The molecule has 0 aromatic heterocycles. The predicted octanol–water partition coefficient (Wildman–Crippen LogP) is 4.60. The van der Waals surface area contributed by atoms with Crippen LogP contribution in [0.1, 0.15) is 63.0 Å². The van der Waals surface area contributed by atoms with Gasteiger partial charge in [0.25, 0.3) is 0 Å². The molecular formula is C32H41N3O6. The number of benzene rings is 2. The van der Waals surface area contributed by atoms with Gasteiger partial charge in [0, 0.05) is 33.1 Å². The minimum Gasteiger partial charge on any atom is -0.481 e. The van der Waals surface area contributed by atoms with Gasteiger partial charge < -0.3 is 19.6 Å². The van der Waals surface area contributed by atoms with Crippen LogP contribution >= 0.6 is 0 Å². The fourth-order valence-corrected chi connectivity index (χ4v) is 6.43. The number of likely N-dealkylation sites (N-methyl/N-ethyl adjacent to an activating group) is 3. The molecule has 1 saturated carbocycles. The molecule has 0 spiro atoms. The van der Waals surface area contributed by atoms with Crippen LogP contribution in [0.5, 0.6) is 0 Å². The highest BCUT2D eigenvalue weighted by molar-refractivity contribution is 5.93. The summed E-state index contributed by atoms with van der Waals surface area (Å²) in [6.07, 6.45) is 2.28. The maximum Gasteiger partial charge on any atom is 0.410 e. The minimum absolute atomic E-state index is 0.107. The van der Waals surface area contributed by atoms with Crippen molar-refractivity contribution in [3.8, 4) is 11.1 Å². The van der Waals surface area contributed by atoms with Crippen LogP contribution in [0, 0.1) is 5.92 Å². The average Bonchev–Trinajstić information content (AvgIpc) is 3.61. The van der Waals surface area contributed by atoms with E-state index in [1.807, 2.05) is 50.2 Å². The number of aliphatic carboxylic acids is 1. The van der Waals surface area contributed by atoms with E-state index in [4.69, 9.17) is 4.74 Å². The Morgan fingerprint density at radius 2 is 1.39 bits per heavy atom. The summed E-state index contributed by atoms with van der Waals surface area (Å²) in [7, 11) is 3.02. The Labute approximate surface area is 242 Å². The summed E-state index contributed by atoms with van der Waals surface area (Å²) in [6.45, 7) is 4.56. The zero-order valence-corrected chi connectivity index (χ0v) is 24.4. The molecule has 9 heteroatoms. The Kier molecular flexibility index (Phi) is 9.68. The summed E-state index contributed by atoms with van der Waals surface area (Å²) in [5.41, 5.74) is 4.44. The summed E-state index contributed by atoms with van der Waals surface area (Å²) >= 11 is 0. The minimum atomic E-state index is -1.17. The first-order valence-corrected chi connectivity index (χ1v) is 14.5. The molecule has 2 aromatic carbocycles. The molecule has 3 amide bonds. The molecule has 1 N–H and O–H groups in total. The standard InChI is InChI=1S/C32H41N3O6/c1-5-35(6-2)30(38)27(19-28(36)37)33(3)31(39)29(21-13-7-8-14-21)34(4)32(40)41-20-26-24-17-11-9-15-22(24)23-16-10-12-18-25(23)26/h9-12,15-18,21,26-27,29H,5-8,13-14,19-20H2,1-4H3,(H,36,37)/t27-,29?/m0/s1. The fourth-order valence-electron chi connectivity index (χ4n) is 6.43. The number of amides is 3. The first kappa shape index (κ1) is 30.1. The van der Waals surface area contributed by atoms with Crippen molar-refractivity contribution < 1.29 is 29.0 Å². The number of fused-ring (bicyclic) bond motifs is 3. The van der Waals surface area contributed by atoms with Crippen LogP contribution in [-0.4, -0.2) is 89.6 Å². The van der Waals surface area contributed by atoms with Crippen LogP contribution in [0.4, 0.5) is 4.79 Å². The van der Waals surface area contributed by atoms with Gasteiger partial charge in [-0.3, -0.25) is 19.3 Å². The quantitative estimate of drug-likeness (QED) is 0.428. The monoisotopic (exact) mass is 563 g/mol. The van der Waals surface area contributed by atoms with E-state index in [0.29, 0.717) is 13.1 Å². The summed E-state index contributed by atoms with van der Waals surface area (Å²) in [5, 5.41) is 9.56. The Morgan fingerprint density at radius 1 is 0.854 bits per heavy atom. The van der Waals surface area contributed by atoms with Gasteiger partial charge in [-0.1, -0.05) is 61.4 Å². The third-order valence-corrected chi connectivity index (χ3v) is 8.68. The lowest BCUT2D eigenvalue weighted by Gasteiger charge is -2.37. The van der Waals surface area contributed by atoms with Crippen LogP contribution in [0.15, 0.2) is 48.5 Å². The van der Waals surface area contributed by atoms with Crippen molar-refractivity contribution >= 4 is 23.9 Å². The van der Waals surface area contributed by atoms with Crippen LogP contribution in [-0.2, 0) is 19.1 Å². The van der Waals surface area contributed by atoms with E-state index in [9.17, 15) is 24.3 Å². The fraction of sp³-hybridized carbons (Fsp3) is 0.500. The smallest absolute Gasteiger partial charge is 0.410 e. The highest BCUT2D eigenvalue weighted by Crippen LogP contribution is 2.44. The maximum atomic E-state index is 14.0. The van der Waals surface area contributed by atoms with Crippen molar-refractivity contribution in [1.29, 1.82) is 0 Å². The lowest BCUT2D eigenvalue weighted by molar-refractivity contribution is -0.152. The molecule has 2 aliphatic rings. The Hall–Kier alpha value is -3.88. The van der Waals surface area contributed by atoms with Crippen molar-refractivity contribution in [2.45, 2.75) is 64.0 Å². The number of carboxylic acid groups (broad SMARTS) is 1. The van der Waals surface area contributed by atoms with Crippen LogP contribution < -0.4 is 0 Å². The summed E-state index contributed by atoms with van der Waals surface area (Å²) in [5.74, 6) is -2.25. The van der Waals surface area contributed by atoms with Crippen molar-refractivity contribution in [2.75, 3.05) is 33.8 Å². The number of hydrogen-bond donors (Lipinski definition) is 1. The molecule has 9 nitrogen and oxygen atoms in total. The van der Waals surface area contributed by atoms with Gasteiger partial charge in [-0.2, -0.15) is 0 Å². The molecule has 41 heavy (non-hydrogen) atoms. The van der Waals surface area contributed by atoms with Crippen LogP contribution in [0.2, 0.25) is 0 Å². The van der Waals surface area contributed by atoms with E-state index >= 15 is 0 Å². The number of carboxylic acids is 1. The average molecular weight is 564 g/mol. The van der Waals surface area contributed by atoms with Gasteiger partial charge in [0.1, 0.15) is 18.7 Å². The molecule has 2 aliphatic carbocycles. The van der Waals surface area contributed by atoms with Gasteiger partial charge in [-0.25, -0.2) is 4.79 Å². The second-order valence-corrected chi connectivity index (χ2v) is 11.0. The van der Waals surface area contributed by atoms with E-state index in [-0.39, 0.29) is 18.4 Å². The topological polar surface area (TPSA) is 107 Å². The Morgan fingerprint density at radius 3 is 1.90 bits per heavy atom. The number of nitrogens with zero attached hydrogens (tertiary/aromatic N) is 3. The van der Waals surface area contributed by atoms with Crippen molar-refractivity contribution in [3.63, 3.8) is 0 Å². The highest BCUT2D eigenvalue weighted by atomic mass is 16.6. The van der Waals surface area contributed by atoms with Gasteiger partial charge in [-0.15, -0.1) is 0 Å². The Balaban J connectivity index is 1.54. The van der Waals surface area contributed by atoms with Gasteiger partial charge >= 0.3 is 12.1 Å². The highest BCUT2D eigenvalue weighted by Gasteiger charge is 2.42. The molecule has 1 fully saturated rings. The van der Waals surface area contributed by atoms with E-state index < -0.39 is 42.4 Å². The first-order valence-electron chi connectivity index (χ1n) is 14.5. The number of rotatable bonds is 11. The van der Waals surface area contributed by atoms with Crippen LogP contribution in [0.3, 0.4) is 0 Å². The van der Waals surface area contributed by atoms with E-state index in [1.54, 1.807) is 7.05 Å². The summed E-state index contributed by atoms with van der Waals surface area (Å²) in [4.78, 5) is 56.5. The zero-order valence-electron chi connectivity index (χ0n) is 24.4. The van der Waals surface area contributed by atoms with Crippen molar-refractivity contribution in [1.82, 2.24) is 14.7 Å². The summed E-state index contributed by atoms with van der Waals surface area (Å²) in [6, 6.07) is 14.1. The van der Waals surface area contributed by atoms with E-state index in [1.165, 1.54) is 21.7 Å². The van der Waals surface area contributed by atoms with Crippen molar-refractivity contribution in [2.24, 2.45) is 5.92 Å². The SMILES string of the molecule is CCN(CC)C(=O)[C@H](CC(=O)O)N(C)C(=O)C(C1CCCC1)N(C)C(=O)OCC1c2ccccc2-c2ccccc21. The predicted molar refractivity (Wildman–Crippen MR) is 155 cm³/mol. The zero-order chi connectivity index (χ0) is 29.7. The molecule has 0 radical (unpaired) electrons. The number of ether oxygens (including phenoxy) is 1. The van der Waals surface area contributed by atoms with E-state index in [0.717, 1.165) is 47.9 Å². The second kappa shape index (κ2) is 13.2. The van der Waals surface area contributed by atoms with Gasteiger partial charge in [-0.05, 0) is 54.9 Å². The van der Waals surface area contributed by atoms with E-state index in [2.05, 4.69) is 12.1 Å². The third-order valence-electron chi connectivity index (χ3n) is 8.68. The molecule has 2 atom stereocenters. The first-order chi connectivity index (χ1) is 19.7. The lowest BCUT2D eigenvalue weighted by Crippen LogP contribution is -2.57. The number of hydrogen-bond acceptors (Lipinski definition) is 5. The molecule has 0 bridgehead atoms. The normalized spacial score (nSPS) is 15.9. The molecule has 4 rings (SSSR count). The largest absolute Gasteiger partial charge is 0.481 e. The van der Waals surface area contributed by atoms with Crippen molar-refractivity contribution in [3.05, 3.63) is 59.7 Å². The molecular weight excluding hydrogens is 522 g/mol. The van der Waals surface area contributed by atoms with Gasteiger partial charge in [0.05, 0.1) is 6.42 Å². The molecule has 1 unspecified atom stereocenters. The third kappa shape index (κ3) is 6.24. The van der Waals surface area contributed by atoms with Gasteiger partial charge in [0.15, 0.2) is 0 Å². The number of carbonyl (C=O) groups is 4. The summed E-state index contributed by atoms with van der Waals surface area (Å²) < 4.78 is 5.86. The van der Waals surface area contributed by atoms with Gasteiger partial charge in [0.2, 0.25) is 11.8 Å². The molecule has 0 heterocycles. The number of carbonyl (C=O) groups excluding carboxylic acids is 3.